The van der Waals surface area contributed by atoms with Crippen LogP contribution in [0.5, 0.6) is 0 Å². The Morgan fingerprint density at radius 1 is 0.812 bits per heavy atom. The standard InChI is InChI=1S/C12H9Cl2OP/c13-9-3-1-5-11(7-9)16(15)12-6-2-4-10(14)8-12/h1-8,16H. The zero-order chi connectivity index (χ0) is 11.5. The Bertz CT molecular complexity index is 493. The smallest absolute Gasteiger partial charge is 0.131 e. The lowest BCUT2D eigenvalue weighted by molar-refractivity contribution is 0.598. The average molecular weight is 271 g/mol. The van der Waals surface area contributed by atoms with Gasteiger partial charge in [-0.3, -0.25) is 0 Å². The van der Waals surface area contributed by atoms with Crippen LogP contribution < -0.4 is 10.6 Å². The first-order chi connectivity index (χ1) is 7.66. The molecule has 1 nitrogen and oxygen atoms in total. The van der Waals surface area contributed by atoms with Crippen LogP contribution in [0.2, 0.25) is 10.0 Å². The predicted molar refractivity (Wildman–Crippen MR) is 71.2 cm³/mol. The summed E-state index contributed by atoms with van der Waals surface area (Å²) in [6, 6.07) is 14.2. The summed E-state index contributed by atoms with van der Waals surface area (Å²) in [6.45, 7) is 0. The van der Waals surface area contributed by atoms with E-state index in [1.165, 1.54) is 0 Å². The van der Waals surface area contributed by atoms with E-state index in [4.69, 9.17) is 23.2 Å². The number of halogens is 2. The monoisotopic (exact) mass is 270 g/mol. The molecule has 82 valence electrons. The summed E-state index contributed by atoms with van der Waals surface area (Å²) in [5.41, 5.74) is 0. The van der Waals surface area contributed by atoms with Crippen LogP contribution in [0.25, 0.3) is 0 Å². The normalized spacial score (nSPS) is 10.7. The number of benzene rings is 2. The minimum atomic E-state index is -2.01. The highest BCUT2D eigenvalue weighted by molar-refractivity contribution is 7.61. The van der Waals surface area contributed by atoms with Crippen LogP contribution in [-0.2, 0) is 4.57 Å². The lowest BCUT2D eigenvalue weighted by Crippen LogP contribution is -2.05. The van der Waals surface area contributed by atoms with E-state index in [9.17, 15) is 4.57 Å². The highest BCUT2D eigenvalue weighted by Gasteiger charge is 2.07. The summed E-state index contributed by atoms with van der Waals surface area (Å²) >= 11 is 11.7. The van der Waals surface area contributed by atoms with E-state index in [1.807, 2.05) is 12.1 Å². The lowest BCUT2D eigenvalue weighted by atomic mass is 10.4. The summed E-state index contributed by atoms with van der Waals surface area (Å²) in [5.74, 6) is 0. The molecule has 0 fully saturated rings. The van der Waals surface area contributed by atoms with Crippen molar-refractivity contribution in [3.63, 3.8) is 0 Å². The van der Waals surface area contributed by atoms with Crippen molar-refractivity contribution in [3.8, 4) is 0 Å². The number of hydrogen-bond acceptors (Lipinski definition) is 1. The van der Waals surface area contributed by atoms with Gasteiger partial charge in [0.1, 0.15) is 7.80 Å². The Labute approximate surface area is 105 Å². The highest BCUT2D eigenvalue weighted by atomic mass is 35.5. The molecule has 16 heavy (non-hydrogen) atoms. The molecule has 0 aliphatic heterocycles. The molecule has 0 aliphatic rings. The molecule has 2 rings (SSSR count). The molecule has 2 aromatic carbocycles. The van der Waals surface area contributed by atoms with Gasteiger partial charge in [-0.15, -0.1) is 0 Å². The Balaban J connectivity index is 2.39. The molecule has 0 aromatic heterocycles. The number of rotatable bonds is 2. The zero-order valence-corrected chi connectivity index (χ0v) is 10.8. The van der Waals surface area contributed by atoms with E-state index < -0.39 is 7.80 Å². The summed E-state index contributed by atoms with van der Waals surface area (Å²) in [7, 11) is -2.01. The van der Waals surface area contributed by atoms with Gasteiger partial charge in [-0.2, -0.15) is 0 Å². The SMILES string of the molecule is O=[PH](c1cccc(Cl)c1)c1cccc(Cl)c1. The minimum Gasteiger partial charge on any atom is -0.317 e. The molecule has 0 heterocycles. The third-order valence-electron chi connectivity index (χ3n) is 2.17. The highest BCUT2D eigenvalue weighted by Crippen LogP contribution is 2.22. The Morgan fingerprint density at radius 3 is 1.62 bits per heavy atom. The van der Waals surface area contributed by atoms with Crippen LogP contribution in [0, 0.1) is 0 Å². The maximum atomic E-state index is 12.2. The second-order valence-corrected chi connectivity index (χ2v) is 6.04. The van der Waals surface area contributed by atoms with Crippen molar-refractivity contribution in [1.82, 2.24) is 0 Å². The summed E-state index contributed by atoms with van der Waals surface area (Å²) < 4.78 is 12.2. The molecule has 0 saturated heterocycles. The third kappa shape index (κ3) is 2.68. The van der Waals surface area contributed by atoms with Crippen molar-refractivity contribution in [3.05, 3.63) is 58.6 Å². The molecule has 0 unspecified atom stereocenters. The van der Waals surface area contributed by atoms with Crippen LogP contribution in [0.1, 0.15) is 0 Å². The van der Waals surface area contributed by atoms with Crippen molar-refractivity contribution >= 4 is 41.6 Å². The molecular weight excluding hydrogens is 262 g/mol. The van der Waals surface area contributed by atoms with Gasteiger partial charge in [-0.1, -0.05) is 47.5 Å². The predicted octanol–water partition coefficient (Wildman–Crippen LogP) is 3.50. The fourth-order valence-corrected chi connectivity index (χ4v) is 3.39. The van der Waals surface area contributed by atoms with E-state index in [-0.39, 0.29) is 0 Å². The molecule has 0 aliphatic carbocycles. The summed E-state index contributed by atoms with van der Waals surface area (Å²) in [5, 5.41) is 2.69. The maximum Gasteiger partial charge on any atom is 0.131 e. The van der Waals surface area contributed by atoms with E-state index in [1.54, 1.807) is 36.4 Å². The van der Waals surface area contributed by atoms with Gasteiger partial charge in [-0.25, -0.2) is 0 Å². The molecule has 0 saturated carbocycles. The van der Waals surface area contributed by atoms with Gasteiger partial charge < -0.3 is 4.57 Å². The first-order valence-corrected chi connectivity index (χ1v) is 6.89. The van der Waals surface area contributed by atoms with Gasteiger partial charge in [0.2, 0.25) is 0 Å². The Hall–Kier alpha value is -0.750. The van der Waals surface area contributed by atoms with E-state index in [0.29, 0.717) is 10.0 Å². The first-order valence-electron chi connectivity index (χ1n) is 4.72. The van der Waals surface area contributed by atoms with Crippen molar-refractivity contribution in [2.45, 2.75) is 0 Å². The summed E-state index contributed by atoms with van der Waals surface area (Å²) in [4.78, 5) is 0. The van der Waals surface area contributed by atoms with E-state index in [0.717, 1.165) is 10.6 Å². The van der Waals surface area contributed by atoms with Gasteiger partial charge in [0.25, 0.3) is 0 Å². The lowest BCUT2D eigenvalue weighted by Gasteiger charge is -2.03. The van der Waals surface area contributed by atoms with Crippen molar-refractivity contribution in [2.24, 2.45) is 0 Å². The average Bonchev–Trinajstić information content (AvgIpc) is 2.28. The Kier molecular flexibility index (Phi) is 3.70. The van der Waals surface area contributed by atoms with Gasteiger partial charge >= 0.3 is 0 Å². The zero-order valence-electron chi connectivity index (χ0n) is 8.28. The van der Waals surface area contributed by atoms with Crippen LogP contribution in [0.4, 0.5) is 0 Å². The van der Waals surface area contributed by atoms with Crippen molar-refractivity contribution in [2.75, 3.05) is 0 Å². The second-order valence-electron chi connectivity index (χ2n) is 3.35. The molecule has 0 radical (unpaired) electrons. The fourth-order valence-electron chi connectivity index (χ4n) is 1.43. The molecule has 0 spiro atoms. The van der Waals surface area contributed by atoms with Crippen molar-refractivity contribution in [1.29, 1.82) is 0 Å². The van der Waals surface area contributed by atoms with Crippen LogP contribution >= 0.6 is 31.0 Å². The van der Waals surface area contributed by atoms with E-state index in [2.05, 4.69) is 0 Å². The van der Waals surface area contributed by atoms with Crippen molar-refractivity contribution < 1.29 is 4.57 Å². The van der Waals surface area contributed by atoms with Crippen LogP contribution in [-0.4, -0.2) is 0 Å². The molecule has 0 atom stereocenters. The maximum absolute atomic E-state index is 12.2. The van der Waals surface area contributed by atoms with Gasteiger partial charge in [-0.05, 0) is 24.3 Å². The largest absolute Gasteiger partial charge is 0.317 e. The topological polar surface area (TPSA) is 17.1 Å². The Morgan fingerprint density at radius 2 is 1.25 bits per heavy atom. The fraction of sp³-hybridized carbons (Fsp3) is 0. The first kappa shape index (κ1) is 11.7. The van der Waals surface area contributed by atoms with Gasteiger partial charge in [0.15, 0.2) is 0 Å². The summed E-state index contributed by atoms with van der Waals surface area (Å²) in [6.07, 6.45) is 0. The number of hydrogen-bond donors (Lipinski definition) is 0. The second kappa shape index (κ2) is 5.05. The molecule has 0 amide bonds. The van der Waals surface area contributed by atoms with E-state index >= 15 is 0 Å². The third-order valence-corrected chi connectivity index (χ3v) is 4.31. The quantitative estimate of drug-likeness (QED) is 0.764. The minimum absolute atomic E-state index is 0.595. The van der Waals surface area contributed by atoms with Gasteiger partial charge in [0, 0.05) is 20.7 Å². The molecule has 4 heteroatoms. The van der Waals surface area contributed by atoms with Crippen LogP contribution in [0.15, 0.2) is 48.5 Å². The molecule has 0 N–H and O–H groups in total. The van der Waals surface area contributed by atoms with Gasteiger partial charge in [0.05, 0.1) is 0 Å². The van der Waals surface area contributed by atoms with Crippen LogP contribution in [0.3, 0.4) is 0 Å². The molecule has 2 aromatic rings. The molecular formula is C12H9Cl2OP. The molecule has 0 bridgehead atoms.